The number of amides is 1. The molecule has 1 aromatic heterocycles. The summed E-state index contributed by atoms with van der Waals surface area (Å²) in [5.74, 6) is -5.10. The number of carbonyl (C=O) groups is 1. The molecule has 0 aliphatic rings. The van der Waals surface area contributed by atoms with Gasteiger partial charge in [-0.3, -0.25) is 9.88 Å². The quantitative estimate of drug-likeness (QED) is 0.660. The Kier molecular flexibility index (Phi) is 5.30. The number of carbonyl (C=O) groups excluding carboxylic acids is 1. The highest BCUT2D eigenvalue weighted by atomic mass is 79.9. The van der Waals surface area contributed by atoms with Crippen molar-refractivity contribution in [3.05, 3.63) is 22.4 Å². The summed E-state index contributed by atoms with van der Waals surface area (Å²) in [6, 6.07) is 0.518. The highest BCUT2D eigenvalue weighted by molar-refractivity contribution is 9.10. The van der Waals surface area contributed by atoms with Gasteiger partial charge in [-0.05, 0) is 42.8 Å². The zero-order valence-electron chi connectivity index (χ0n) is 12.6. The molecule has 10 heteroatoms. The molecule has 0 radical (unpaired) electrons. The molecule has 130 valence electrons. The van der Waals surface area contributed by atoms with Crippen LogP contribution < -0.4 is 4.90 Å². The molecule has 0 atom stereocenters. The highest BCUT2D eigenvalue weighted by Gasteiger charge is 2.60. The zero-order chi connectivity index (χ0) is 18.2. The van der Waals surface area contributed by atoms with Crippen molar-refractivity contribution in [2.24, 2.45) is 0 Å². The van der Waals surface area contributed by atoms with Crippen LogP contribution >= 0.6 is 15.9 Å². The number of alkyl halides is 5. The summed E-state index contributed by atoms with van der Waals surface area (Å²) >= 11 is 2.86. The SMILES string of the molecule is CN(C(=O)OC(C)(C)C)c1cnc(C(F)(F)C(F)(F)F)cc1Br. The summed E-state index contributed by atoms with van der Waals surface area (Å²) in [6.07, 6.45) is -5.84. The minimum atomic E-state index is -5.77. The van der Waals surface area contributed by atoms with E-state index in [-0.39, 0.29) is 10.2 Å². The van der Waals surface area contributed by atoms with Gasteiger partial charge in [0.25, 0.3) is 0 Å². The Morgan fingerprint density at radius 2 is 1.74 bits per heavy atom. The first-order valence-corrected chi connectivity index (χ1v) is 7.03. The van der Waals surface area contributed by atoms with Crippen LogP contribution in [0.3, 0.4) is 0 Å². The van der Waals surface area contributed by atoms with Gasteiger partial charge in [0.1, 0.15) is 11.3 Å². The van der Waals surface area contributed by atoms with Crippen LogP contribution in [-0.4, -0.2) is 29.9 Å². The van der Waals surface area contributed by atoms with E-state index in [0.717, 1.165) is 11.1 Å². The number of aromatic nitrogens is 1. The summed E-state index contributed by atoms with van der Waals surface area (Å²) in [5, 5.41) is 0. The fourth-order valence-electron chi connectivity index (χ4n) is 1.42. The average Bonchev–Trinajstić information content (AvgIpc) is 2.34. The lowest BCUT2D eigenvalue weighted by Gasteiger charge is -2.25. The normalized spacial score (nSPS) is 13.0. The standard InChI is InChI=1S/C13H14BrF5N2O2/c1-11(2,3)23-10(22)21(4)8-6-20-9(5-7(8)14)12(15,16)13(17,18)19/h5-6H,1-4H3. The van der Waals surface area contributed by atoms with E-state index in [1.807, 2.05) is 0 Å². The predicted octanol–water partition coefficient (Wildman–Crippen LogP) is 4.87. The van der Waals surface area contributed by atoms with Crippen molar-refractivity contribution < 1.29 is 31.5 Å². The van der Waals surface area contributed by atoms with Gasteiger partial charge in [0.05, 0.1) is 11.9 Å². The van der Waals surface area contributed by atoms with Crippen molar-refractivity contribution in [3.63, 3.8) is 0 Å². The van der Waals surface area contributed by atoms with Crippen LogP contribution in [0.1, 0.15) is 26.5 Å². The number of anilines is 1. The molecule has 0 saturated heterocycles. The Bertz CT molecular complexity index is 599. The van der Waals surface area contributed by atoms with Crippen LogP contribution in [0.15, 0.2) is 16.7 Å². The molecule has 0 unspecified atom stereocenters. The first-order valence-electron chi connectivity index (χ1n) is 6.24. The molecule has 0 fully saturated rings. The molecule has 0 N–H and O–H groups in total. The molecule has 1 heterocycles. The Balaban J connectivity index is 3.13. The summed E-state index contributed by atoms with van der Waals surface area (Å²) in [5.41, 5.74) is -2.28. The number of nitrogens with zero attached hydrogens (tertiary/aromatic N) is 2. The van der Waals surface area contributed by atoms with Crippen molar-refractivity contribution in [1.29, 1.82) is 0 Å². The number of halogens is 6. The molecule has 1 aromatic rings. The number of rotatable bonds is 2. The zero-order valence-corrected chi connectivity index (χ0v) is 14.2. The van der Waals surface area contributed by atoms with Crippen molar-refractivity contribution in [1.82, 2.24) is 4.98 Å². The second kappa shape index (κ2) is 6.21. The number of ether oxygens (including phenoxy) is 1. The average molecular weight is 405 g/mol. The number of hydrogen-bond acceptors (Lipinski definition) is 3. The van der Waals surface area contributed by atoms with Crippen molar-refractivity contribution in [2.45, 2.75) is 38.5 Å². The third-order valence-corrected chi connectivity index (χ3v) is 3.18. The van der Waals surface area contributed by atoms with Crippen LogP contribution in [0, 0.1) is 0 Å². The van der Waals surface area contributed by atoms with E-state index in [1.54, 1.807) is 20.8 Å². The molecule has 0 saturated carbocycles. The Labute approximate surface area is 137 Å². The van der Waals surface area contributed by atoms with E-state index >= 15 is 0 Å². The lowest BCUT2D eigenvalue weighted by atomic mass is 10.2. The lowest BCUT2D eigenvalue weighted by molar-refractivity contribution is -0.290. The molecule has 23 heavy (non-hydrogen) atoms. The Morgan fingerprint density at radius 3 is 2.13 bits per heavy atom. The van der Waals surface area contributed by atoms with Crippen LogP contribution in [-0.2, 0) is 10.7 Å². The predicted molar refractivity (Wildman–Crippen MR) is 76.5 cm³/mol. The molecule has 0 bridgehead atoms. The minimum absolute atomic E-state index is 0.0130. The second-order valence-corrected chi connectivity index (χ2v) is 6.49. The van der Waals surface area contributed by atoms with Gasteiger partial charge in [0, 0.05) is 11.5 Å². The Morgan fingerprint density at radius 1 is 1.22 bits per heavy atom. The first kappa shape index (κ1) is 19.6. The van der Waals surface area contributed by atoms with Crippen LogP contribution in [0.5, 0.6) is 0 Å². The molecule has 1 amide bonds. The van der Waals surface area contributed by atoms with Crippen LogP contribution in [0.2, 0.25) is 0 Å². The number of hydrogen-bond donors (Lipinski definition) is 0. The lowest BCUT2D eigenvalue weighted by Crippen LogP contribution is -2.36. The highest BCUT2D eigenvalue weighted by Crippen LogP contribution is 2.44. The van der Waals surface area contributed by atoms with Crippen LogP contribution in [0.4, 0.5) is 32.4 Å². The van der Waals surface area contributed by atoms with Gasteiger partial charge in [-0.15, -0.1) is 0 Å². The maximum atomic E-state index is 13.2. The van der Waals surface area contributed by atoms with Gasteiger partial charge in [-0.25, -0.2) is 4.79 Å². The molecule has 4 nitrogen and oxygen atoms in total. The van der Waals surface area contributed by atoms with E-state index in [1.165, 1.54) is 7.05 Å². The van der Waals surface area contributed by atoms with Crippen molar-refractivity contribution in [2.75, 3.05) is 11.9 Å². The van der Waals surface area contributed by atoms with E-state index in [9.17, 15) is 26.7 Å². The van der Waals surface area contributed by atoms with E-state index < -0.39 is 29.5 Å². The summed E-state index contributed by atoms with van der Waals surface area (Å²) in [6.45, 7) is 4.87. The molecular weight excluding hydrogens is 391 g/mol. The summed E-state index contributed by atoms with van der Waals surface area (Å²) in [7, 11) is 1.28. The fourth-order valence-corrected chi connectivity index (χ4v) is 2.00. The second-order valence-electron chi connectivity index (χ2n) is 5.63. The van der Waals surface area contributed by atoms with Gasteiger partial charge >= 0.3 is 18.2 Å². The first-order chi connectivity index (χ1) is 10.2. The Hall–Kier alpha value is -1.45. The molecule has 1 rings (SSSR count). The minimum Gasteiger partial charge on any atom is -0.443 e. The molecule has 0 aliphatic carbocycles. The number of pyridine rings is 1. The van der Waals surface area contributed by atoms with Crippen molar-refractivity contribution >= 4 is 27.7 Å². The summed E-state index contributed by atoms with van der Waals surface area (Å²) < 4.78 is 68.4. The third kappa shape index (κ3) is 4.52. The van der Waals surface area contributed by atoms with Crippen molar-refractivity contribution in [3.8, 4) is 0 Å². The monoisotopic (exact) mass is 404 g/mol. The molecule has 0 spiro atoms. The van der Waals surface area contributed by atoms with Crippen LogP contribution in [0.25, 0.3) is 0 Å². The molecule has 0 aromatic carbocycles. The largest absolute Gasteiger partial charge is 0.459 e. The van der Waals surface area contributed by atoms with E-state index in [2.05, 4.69) is 20.9 Å². The van der Waals surface area contributed by atoms with E-state index in [4.69, 9.17) is 4.74 Å². The van der Waals surface area contributed by atoms with Gasteiger partial charge in [0.15, 0.2) is 0 Å². The van der Waals surface area contributed by atoms with Gasteiger partial charge in [-0.1, -0.05) is 0 Å². The van der Waals surface area contributed by atoms with E-state index in [0.29, 0.717) is 6.07 Å². The molecular formula is C13H14BrF5N2O2. The third-order valence-electron chi connectivity index (χ3n) is 2.54. The maximum absolute atomic E-state index is 13.2. The smallest absolute Gasteiger partial charge is 0.443 e. The fraction of sp³-hybridized carbons (Fsp3) is 0.538. The maximum Gasteiger partial charge on any atom is 0.459 e. The summed E-state index contributed by atoms with van der Waals surface area (Å²) in [4.78, 5) is 15.9. The van der Waals surface area contributed by atoms with Gasteiger partial charge < -0.3 is 4.74 Å². The van der Waals surface area contributed by atoms with Gasteiger partial charge in [0.2, 0.25) is 0 Å². The topological polar surface area (TPSA) is 42.4 Å². The molecule has 0 aliphatic heterocycles. The van der Waals surface area contributed by atoms with Gasteiger partial charge in [-0.2, -0.15) is 22.0 Å².